The molecule has 1 aromatic rings. The zero-order chi connectivity index (χ0) is 13.9. The molecule has 0 spiro atoms. The number of hydrogen-bond acceptors (Lipinski definition) is 4. The van der Waals surface area contributed by atoms with E-state index in [1.807, 2.05) is 0 Å². The minimum Gasteiger partial charge on any atom is -0.385 e. The Morgan fingerprint density at radius 2 is 2.26 bits per heavy atom. The highest BCUT2D eigenvalue weighted by molar-refractivity contribution is 6.33. The zero-order valence-corrected chi connectivity index (χ0v) is 11.6. The lowest BCUT2D eigenvalue weighted by atomic mass is 10.0. The summed E-state index contributed by atoms with van der Waals surface area (Å²) in [4.78, 5) is 10.6. The van der Waals surface area contributed by atoms with Gasteiger partial charge in [-0.25, -0.2) is 0 Å². The molecule has 0 aliphatic heterocycles. The van der Waals surface area contributed by atoms with Crippen molar-refractivity contribution in [3.8, 4) is 0 Å². The number of nitrogens with zero attached hydrogens (tertiary/aromatic N) is 1. The molecule has 0 aromatic heterocycles. The van der Waals surface area contributed by atoms with Gasteiger partial charge in [-0.1, -0.05) is 17.7 Å². The van der Waals surface area contributed by atoms with Gasteiger partial charge in [0, 0.05) is 26.3 Å². The first kappa shape index (κ1) is 14.1. The molecule has 6 heteroatoms. The number of hydrogen-bond donors (Lipinski definition) is 1. The summed E-state index contributed by atoms with van der Waals surface area (Å²) in [6, 6.07) is 4.71. The fraction of sp³-hybridized carbons (Fsp3) is 0.538. The van der Waals surface area contributed by atoms with E-state index in [9.17, 15) is 10.1 Å². The summed E-state index contributed by atoms with van der Waals surface area (Å²) in [5, 5.41) is 14.5. The fourth-order valence-corrected chi connectivity index (χ4v) is 2.36. The van der Waals surface area contributed by atoms with Crippen molar-refractivity contribution < 1.29 is 9.66 Å². The number of halogens is 1. The van der Waals surface area contributed by atoms with E-state index in [0.29, 0.717) is 23.9 Å². The van der Waals surface area contributed by atoms with Crippen molar-refractivity contribution in [2.75, 3.05) is 25.6 Å². The average molecular weight is 285 g/mol. The molecule has 0 atom stereocenters. The van der Waals surface area contributed by atoms with Gasteiger partial charge in [0.05, 0.1) is 9.95 Å². The van der Waals surface area contributed by atoms with E-state index in [1.165, 1.54) is 6.07 Å². The Morgan fingerprint density at radius 1 is 1.53 bits per heavy atom. The first-order valence-electron chi connectivity index (χ1n) is 6.24. The van der Waals surface area contributed by atoms with Crippen LogP contribution in [0.1, 0.15) is 19.3 Å². The monoisotopic (exact) mass is 284 g/mol. The van der Waals surface area contributed by atoms with Crippen LogP contribution in [0.25, 0.3) is 0 Å². The van der Waals surface area contributed by atoms with Gasteiger partial charge in [0.15, 0.2) is 0 Å². The van der Waals surface area contributed by atoms with Crippen LogP contribution >= 0.6 is 11.6 Å². The molecular weight excluding hydrogens is 268 g/mol. The maximum atomic E-state index is 11.0. The second-order valence-corrected chi connectivity index (χ2v) is 5.39. The highest BCUT2D eigenvalue weighted by Gasteiger charge is 2.42. The van der Waals surface area contributed by atoms with Crippen LogP contribution in [-0.2, 0) is 4.74 Å². The molecule has 104 valence electrons. The second kappa shape index (κ2) is 5.75. The van der Waals surface area contributed by atoms with Crippen molar-refractivity contribution in [3.63, 3.8) is 0 Å². The SMILES string of the molecule is COCCC1(CNc2c(Cl)cccc2[N+](=O)[O-])CC1. The predicted molar refractivity (Wildman–Crippen MR) is 74.8 cm³/mol. The van der Waals surface area contributed by atoms with Crippen LogP contribution in [0.4, 0.5) is 11.4 Å². The molecule has 1 saturated carbocycles. The van der Waals surface area contributed by atoms with E-state index in [4.69, 9.17) is 16.3 Å². The number of ether oxygens (including phenoxy) is 1. The quantitative estimate of drug-likeness (QED) is 0.615. The van der Waals surface area contributed by atoms with Crippen LogP contribution in [0, 0.1) is 15.5 Å². The molecular formula is C13H17ClN2O3. The molecule has 1 aromatic carbocycles. The van der Waals surface area contributed by atoms with Crippen molar-refractivity contribution in [1.82, 2.24) is 0 Å². The topological polar surface area (TPSA) is 64.4 Å². The minimum absolute atomic E-state index is 0.0232. The summed E-state index contributed by atoms with van der Waals surface area (Å²) in [7, 11) is 1.68. The lowest BCUT2D eigenvalue weighted by Gasteiger charge is -2.17. The Labute approximate surface area is 117 Å². The lowest BCUT2D eigenvalue weighted by molar-refractivity contribution is -0.383. The van der Waals surface area contributed by atoms with Crippen LogP contribution < -0.4 is 5.32 Å². The standard InChI is InChI=1S/C13H17ClN2O3/c1-19-8-7-13(5-6-13)9-15-12-10(14)3-2-4-11(12)16(17)18/h2-4,15H,5-9H2,1H3. The van der Waals surface area contributed by atoms with E-state index in [1.54, 1.807) is 19.2 Å². The van der Waals surface area contributed by atoms with Gasteiger partial charge < -0.3 is 10.1 Å². The highest BCUT2D eigenvalue weighted by Crippen LogP contribution is 2.49. The van der Waals surface area contributed by atoms with Crippen molar-refractivity contribution in [3.05, 3.63) is 33.3 Å². The van der Waals surface area contributed by atoms with Gasteiger partial charge in [-0.15, -0.1) is 0 Å². The second-order valence-electron chi connectivity index (χ2n) is 4.99. The summed E-state index contributed by atoms with van der Waals surface area (Å²) in [6.07, 6.45) is 3.22. The molecule has 2 rings (SSSR count). The van der Waals surface area contributed by atoms with Crippen LogP contribution in [0.3, 0.4) is 0 Å². The summed E-state index contributed by atoms with van der Waals surface area (Å²) < 4.78 is 5.09. The number of nitro benzene ring substituents is 1. The molecule has 1 N–H and O–H groups in total. The van der Waals surface area contributed by atoms with Crippen LogP contribution in [-0.4, -0.2) is 25.2 Å². The van der Waals surface area contributed by atoms with Gasteiger partial charge >= 0.3 is 0 Å². The summed E-state index contributed by atoms with van der Waals surface area (Å²) >= 11 is 6.04. The molecule has 0 bridgehead atoms. The van der Waals surface area contributed by atoms with Gasteiger partial charge in [0.1, 0.15) is 5.69 Å². The number of anilines is 1. The van der Waals surface area contributed by atoms with E-state index in [0.717, 1.165) is 19.3 Å². The molecule has 19 heavy (non-hydrogen) atoms. The van der Waals surface area contributed by atoms with E-state index in [-0.39, 0.29) is 11.1 Å². The molecule has 0 saturated heterocycles. The minimum atomic E-state index is -0.414. The molecule has 0 amide bonds. The highest BCUT2D eigenvalue weighted by atomic mass is 35.5. The van der Waals surface area contributed by atoms with Crippen molar-refractivity contribution in [1.29, 1.82) is 0 Å². The lowest BCUT2D eigenvalue weighted by Crippen LogP contribution is -2.18. The van der Waals surface area contributed by atoms with Gasteiger partial charge in [-0.3, -0.25) is 10.1 Å². The van der Waals surface area contributed by atoms with E-state index < -0.39 is 4.92 Å². The molecule has 0 unspecified atom stereocenters. The van der Waals surface area contributed by atoms with Crippen LogP contribution in [0.5, 0.6) is 0 Å². The summed E-state index contributed by atoms with van der Waals surface area (Å²) in [5.74, 6) is 0. The Balaban J connectivity index is 2.05. The van der Waals surface area contributed by atoms with Crippen molar-refractivity contribution >= 4 is 23.0 Å². The third kappa shape index (κ3) is 3.36. The van der Waals surface area contributed by atoms with Gasteiger partial charge in [0.25, 0.3) is 5.69 Å². The van der Waals surface area contributed by atoms with E-state index >= 15 is 0 Å². The first-order chi connectivity index (χ1) is 9.08. The Bertz CT molecular complexity index is 475. The smallest absolute Gasteiger partial charge is 0.293 e. The van der Waals surface area contributed by atoms with Crippen molar-refractivity contribution in [2.24, 2.45) is 5.41 Å². The van der Waals surface area contributed by atoms with Gasteiger partial charge in [-0.05, 0) is 30.7 Å². The Morgan fingerprint density at radius 3 is 2.84 bits per heavy atom. The van der Waals surface area contributed by atoms with E-state index in [2.05, 4.69) is 5.32 Å². The van der Waals surface area contributed by atoms with Crippen LogP contribution in [0.2, 0.25) is 5.02 Å². The van der Waals surface area contributed by atoms with Crippen molar-refractivity contribution in [2.45, 2.75) is 19.3 Å². The average Bonchev–Trinajstić information content (AvgIpc) is 3.15. The first-order valence-corrected chi connectivity index (χ1v) is 6.61. The zero-order valence-electron chi connectivity index (χ0n) is 10.8. The number of methoxy groups -OCH3 is 1. The molecule has 5 nitrogen and oxygen atoms in total. The fourth-order valence-electron chi connectivity index (χ4n) is 2.13. The number of benzene rings is 1. The number of para-hydroxylation sites is 1. The Hall–Kier alpha value is -1.33. The van der Waals surface area contributed by atoms with Crippen LogP contribution in [0.15, 0.2) is 18.2 Å². The number of nitro groups is 1. The van der Waals surface area contributed by atoms with Gasteiger partial charge in [0.2, 0.25) is 0 Å². The molecule has 0 heterocycles. The molecule has 1 aliphatic rings. The number of nitrogens with one attached hydrogen (secondary N) is 1. The molecule has 1 aliphatic carbocycles. The normalized spacial score (nSPS) is 16.1. The number of rotatable bonds is 7. The predicted octanol–water partition coefficient (Wildman–Crippen LogP) is 3.48. The summed E-state index contributed by atoms with van der Waals surface area (Å²) in [5.41, 5.74) is 0.649. The third-order valence-electron chi connectivity index (χ3n) is 3.62. The largest absolute Gasteiger partial charge is 0.385 e. The molecule has 1 fully saturated rings. The maximum Gasteiger partial charge on any atom is 0.293 e. The Kier molecular flexibility index (Phi) is 4.27. The third-order valence-corrected chi connectivity index (χ3v) is 3.94. The maximum absolute atomic E-state index is 11.0. The summed E-state index contributed by atoms with van der Waals surface area (Å²) in [6.45, 7) is 1.41. The van der Waals surface area contributed by atoms with Gasteiger partial charge in [-0.2, -0.15) is 0 Å². The molecule has 0 radical (unpaired) electrons.